The van der Waals surface area contributed by atoms with Gasteiger partial charge in [-0.15, -0.1) is 0 Å². The third-order valence-corrected chi connectivity index (χ3v) is 4.22. The molecule has 0 bridgehead atoms. The standard InChI is InChI=1S/C14H28N2O/c1-10(16(4)14-5-6-14)9-15-13-7-11(2)17-12(3)8-13/h10-15H,5-9H2,1-4H3. The van der Waals surface area contributed by atoms with Gasteiger partial charge in [0.2, 0.25) is 0 Å². The van der Waals surface area contributed by atoms with E-state index in [1.165, 1.54) is 12.8 Å². The Hall–Kier alpha value is -0.120. The van der Waals surface area contributed by atoms with Crippen LogP contribution in [0.3, 0.4) is 0 Å². The lowest BCUT2D eigenvalue weighted by molar-refractivity contribution is -0.0426. The molecule has 3 nitrogen and oxygen atoms in total. The highest BCUT2D eigenvalue weighted by Gasteiger charge is 2.30. The lowest BCUT2D eigenvalue weighted by Gasteiger charge is -2.34. The van der Waals surface area contributed by atoms with E-state index in [0.717, 1.165) is 25.4 Å². The Balaban J connectivity index is 1.69. The molecule has 1 saturated heterocycles. The summed E-state index contributed by atoms with van der Waals surface area (Å²) in [5.74, 6) is 0. The summed E-state index contributed by atoms with van der Waals surface area (Å²) in [6, 6.07) is 2.15. The molecule has 1 aliphatic heterocycles. The van der Waals surface area contributed by atoms with Crippen LogP contribution in [0.2, 0.25) is 0 Å². The van der Waals surface area contributed by atoms with E-state index in [-0.39, 0.29) is 0 Å². The van der Waals surface area contributed by atoms with Gasteiger partial charge >= 0.3 is 0 Å². The van der Waals surface area contributed by atoms with Gasteiger partial charge in [-0.2, -0.15) is 0 Å². The Bertz CT molecular complexity index is 232. The van der Waals surface area contributed by atoms with Crippen LogP contribution in [0.1, 0.15) is 46.5 Å². The van der Waals surface area contributed by atoms with E-state index in [2.05, 4.69) is 38.0 Å². The van der Waals surface area contributed by atoms with Gasteiger partial charge in [0.05, 0.1) is 12.2 Å². The maximum Gasteiger partial charge on any atom is 0.0565 e. The van der Waals surface area contributed by atoms with Crippen LogP contribution in [0.5, 0.6) is 0 Å². The van der Waals surface area contributed by atoms with Gasteiger partial charge in [-0.1, -0.05) is 0 Å². The van der Waals surface area contributed by atoms with Gasteiger partial charge in [0.1, 0.15) is 0 Å². The smallest absolute Gasteiger partial charge is 0.0565 e. The molecule has 1 N–H and O–H groups in total. The Kier molecular flexibility index (Phi) is 4.45. The summed E-state index contributed by atoms with van der Waals surface area (Å²) in [5, 5.41) is 3.72. The summed E-state index contributed by atoms with van der Waals surface area (Å²) in [4.78, 5) is 2.53. The molecule has 0 spiro atoms. The van der Waals surface area contributed by atoms with Crippen LogP contribution in [-0.4, -0.2) is 48.8 Å². The van der Waals surface area contributed by atoms with Gasteiger partial charge in [0, 0.05) is 24.7 Å². The van der Waals surface area contributed by atoms with Gasteiger partial charge in [-0.05, 0) is 53.5 Å². The highest BCUT2D eigenvalue weighted by molar-refractivity contribution is 4.87. The first-order valence-corrected chi connectivity index (χ1v) is 7.17. The minimum atomic E-state index is 0.410. The topological polar surface area (TPSA) is 24.5 Å². The van der Waals surface area contributed by atoms with Crippen LogP contribution in [0.25, 0.3) is 0 Å². The fourth-order valence-corrected chi connectivity index (χ4v) is 2.89. The van der Waals surface area contributed by atoms with E-state index in [1.54, 1.807) is 0 Å². The molecule has 0 aromatic carbocycles. The van der Waals surface area contributed by atoms with Gasteiger partial charge in [-0.3, -0.25) is 4.90 Å². The molecule has 0 amide bonds. The van der Waals surface area contributed by atoms with Crippen LogP contribution in [0, 0.1) is 0 Å². The molecule has 3 unspecified atom stereocenters. The summed E-state index contributed by atoms with van der Waals surface area (Å²) in [6.45, 7) is 7.81. The zero-order valence-corrected chi connectivity index (χ0v) is 11.8. The molecule has 100 valence electrons. The lowest BCUT2D eigenvalue weighted by atomic mass is 9.99. The minimum absolute atomic E-state index is 0.410. The van der Waals surface area contributed by atoms with E-state index in [1.807, 2.05) is 0 Å². The quantitative estimate of drug-likeness (QED) is 0.795. The molecular formula is C14H28N2O. The molecule has 2 rings (SSSR count). The first-order chi connectivity index (χ1) is 8.06. The van der Waals surface area contributed by atoms with Crippen molar-refractivity contribution in [1.82, 2.24) is 10.2 Å². The van der Waals surface area contributed by atoms with Gasteiger partial charge < -0.3 is 10.1 Å². The molecular weight excluding hydrogens is 212 g/mol. The van der Waals surface area contributed by atoms with Gasteiger partial charge in [0.15, 0.2) is 0 Å². The number of ether oxygens (including phenoxy) is 1. The van der Waals surface area contributed by atoms with Crippen molar-refractivity contribution in [2.24, 2.45) is 0 Å². The van der Waals surface area contributed by atoms with E-state index in [4.69, 9.17) is 4.74 Å². The predicted molar refractivity (Wildman–Crippen MR) is 71.3 cm³/mol. The molecule has 0 aromatic rings. The zero-order chi connectivity index (χ0) is 12.4. The highest BCUT2D eigenvalue weighted by atomic mass is 16.5. The molecule has 2 fully saturated rings. The number of likely N-dealkylation sites (N-methyl/N-ethyl adjacent to an activating group) is 1. The number of hydrogen-bond donors (Lipinski definition) is 1. The summed E-state index contributed by atoms with van der Waals surface area (Å²) >= 11 is 0. The third-order valence-electron chi connectivity index (χ3n) is 4.22. The van der Waals surface area contributed by atoms with E-state index in [9.17, 15) is 0 Å². The number of nitrogens with zero attached hydrogens (tertiary/aromatic N) is 1. The van der Waals surface area contributed by atoms with Crippen molar-refractivity contribution in [3.05, 3.63) is 0 Å². The Morgan fingerprint density at radius 2 is 1.82 bits per heavy atom. The minimum Gasteiger partial charge on any atom is -0.375 e. The number of rotatable bonds is 5. The molecule has 17 heavy (non-hydrogen) atoms. The van der Waals surface area contributed by atoms with Crippen LogP contribution < -0.4 is 5.32 Å². The number of hydrogen-bond acceptors (Lipinski definition) is 3. The second kappa shape index (κ2) is 5.68. The molecule has 3 heteroatoms. The van der Waals surface area contributed by atoms with Crippen molar-refractivity contribution in [3.8, 4) is 0 Å². The van der Waals surface area contributed by atoms with Crippen LogP contribution in [0.4, 0.5) is 0 Å². The van der Waals surface area contributed by atoms with Crippen LogP contribution in [-0.2, 0) is 4.74 Å². The van der Waals surface area contributed by atoms with E-state index < -0.39 is 0 Å². The Labute approximate surface area is 106 Å². The normalized spacial score (nSPS) is 36.2. The molecule has 3 atom stereocenters. The SMILES string of the molecule is CC1CC(NCC(C)N(C)C2CC2)CC(C)O1. The van der Waals surface area contributed by atoms with E-state index in [0.29, 0.717) is 24.3 Å². The first kappa shape index (κ1) is 13.3. The van der Waals surface area contributed by atoms with Crippen molar-refractivity contribution >= 4 is 0 Å². The highest BCUT2D eigenvalue weighted by Crippen LogP contribution is 2.27. The Morgan fingerprint density at radius 3 is 2.35 bits per heavy atom. The van der Waals surface area contributed by atoms with Crippen molar-refractivity contribution in [1.29, 1.82) is 0 Å². The second-order valence-corrected chi connectivity index (χ2v) is 6.08. The molecule has 0 aromatic heterocycles. The second-order valence-electron chi connectivity index (χ2n) is 6.08. The van der Waals surface area contributed by atoms with Crippen molar-refractivity contribution in [2.75, 3.05) is 13.6 Å². The molecule has 1 saturated carbocycles. The zero-order valence-electron chi connectivity index (χ0n) is 11.8. The lowest BCUT2D eigenvalue weighted by Crippen LogP contribution is -2.46. The van der Waals surface area contributed by atoms with Crippen molar-refractivity contribution in [3.63, 3.8) is 0 Å². The average molecular weight is 240 g/mol. The van der Waals surface area contributed by atoms with Crippen molar-refractivity contribution < 1.29 is 4.74 Å². The molecule has 2 aliphatic rings. The molecule has 1 heterocycles. The van der Waals surface area contributed by atoms with Crippen LogP contribution in [0.15, 0.2) is 0 Å². The average Bonchev–Trinajstić information content (AvgIpc) is 3.07. The van der Waals surface area contributed by atoms with Crippen LogP contribution >= 0.6 is 0 Å². The largest absolute Gasteiger partial charge is 0.375 e. The van der Waals surface area contributed by atoms with Gasteiger partial charge in [-0.25, -0.2) is 0 Å². The predicted octanol–water partition coefficient (Wildman–Crippen LogP) is 2.01. The fraction of sp³-hybridized carbons (Fsp3) is 1.00. The summed E-state index contributed by atoms with van der Waals surface area (Å²) in [5.41, 5.74) is 0. The molecule has 0 radical (unpaired) electrons. The summed E-state index contributed by atoms with van der Waals surface area (Å²) in [7, 11) is 2.26. The third kappa shape index (κ3) is 3.94. The molecule has 1 aliphatic carbocycles. The maximum atomic E-state index is 5.77. The summed E-state index contributed by atoms with van der Waals surface area (Å²) in [6.07, 6.45) is 5.92. The maximum absolute atomic E-state index is 5.77. The monoisotopic (exact) mass is 240 g/mol. The Morgan fingerprint density at radius 1 is 1.24 bits per heavy atom. The van der Waals surface area contributed by atoms with Gasteiger partial charge in [0.25, 0.3) is 0 Å². The summed E-state index contributed by atoms with van der Waals surface area (Å²) < 4.78 is 5.77. The van der Waals surface area contributed by atoms with E-state index >= 15 is 0 Å². The van der Waals surface area contributed by atoms with Crippen molar-refractivity contribution in [2.45, 2.75) is 76.8 Å². The number of nitrogens with one attached hydrogen (secondary N) is 1. The first-order valence-electron chi connectivity index (χ1n) is 7.17. The fourth-order valence-electron chi connectivity index (χ4n) is 2.89.